The third-order valence-corrected chi connectivity index (χ3v) is 3.56. The first-order chi connectivity index (χ1) is 10.8. The van der Waals surface area contributed by atoms with E-state index >= 15 is 0 Å². The highest BCUT2D eigenvalue weighted by molar-refractivity contribution is 7.98. The molecule has 0 saturated heterocycles. The number of pyridine rings is 1. The number of aromatic nitrogens is 1. The van der Waals surface area contributed by atoms with E-state index in [0.717, 1.165) is 4.90 Å². The molecule has 22 heavy (non-hydrogen) atoms. The van der Waals surface area contributed by atoms with E-state index in [9.17, 15) is 4.79 Å². The summed E-state index contributed by atoms with van der Waals surface area (Å²) in [5.41, 5.74) is 0.670. The fourth-order valence-corrected chi connectivity index (χ4v) is 2.31. The van der Waals surface area contributed by atoms with Crippen LogP contribution in [0.2, 0.25) is 0 Å². The lowest BCUT2D eigenvalue weighted by atomic mass is 10.2. The Labute approximate surface area is 134 Å². The maximum absolute atomic E-state index is 12.0. The molecule has 112 valence electrons. The molecule has 0 bridgehead atoms. The molecule has 0 saturated carbocycles. The summed E-state index contributed by atoms with van der Waals surface area (Å²) in [5, 5.41) is 2.78. The number of ether oxygens (including phenoxy) is 1. The Bertz CT molecular complexity index is 678. The Hall–Kier alpha value is -2.45. The van der Waals surface area contributed by atoms with Gasteiger partial charge in [0, 0.05) is 11.1 Å². The number of nitrogens with one attached hydrogen (secondary N) is 1. The number of benzene rings is 1. The van der Waals surface area contributed by atoms with Crippen molar-refractivity contribution in [3.8, 4) is 17.6 Å². The van der Waals surface area contributed by atoms with E-state index in [1.807, 2.05) is 30.5 Å². The Morgan fingerprint density at radius 2 is 2.14 bits per heavy atom. The van der Waals surface area contributed by atoms with Gasteiger partial charge in [-0.1, -0.05) is 24.0 Å². The van der Waals surface area contributed by atoms with Crippen LogP contribution in [0.25, 0.3) is 0 Å². The number of nitrogens with zero attached hydrogens (tertiary/aromatic N) is 1. The minimum absolute atomic E-state index is 0.118. The molecular weight excluding hydrogens is 296 g/mol. The molecule has 1 heterocycles. The van der Waals surface area contributed by atoms with Crippen molar-refractivity contribution in [2.45, 2.75) is 4.90 Å². The van der Waals surface area contributed by atoms with E-state index in [-0.39, 0.29) is 19.1 Å². The van der Waals surface area contributed by atoms with Gasteiger partial charge in [-0.15, -0.1) is 11.8 Å². The van der Waals surface area contributed by atoms with Crippen LogP contribution in [0.4, 0.5) is 0 Å². The zero-order valence-electron chi connectivity index (χ0n) is 12.2. The molecule has 1 aromatic carbocycles. The largest absolute Gasteiger partial charge is 0.479 e. The minimum Gasteiger partial charge on any atom is -0.479 e. The average molecular weight is 312 g/mol. The maximum atomic E-state index is 12.0. The van der Waals surface area contributed by atoms with E-state index < -0.39 is 0 Å². The number of amides is 1. The normalized spacial score (nSPS) is 9.50. The van der Waals surface area contributed by atoms with Crippen LogP contribution in [0.5, 0.6) is 5.75 Å². The Morgan fingerprint density at radius 1 is 1.27 bits per heavy atom. The molecule has 0 radical (unpaired) electrons. The summed E-state index contributed by atoms with van der Waals surface area (Å²) in [6.07, 6.45) is 5.25. The van der Waals surface area contributed by atoms with Gasteiger partial charge in [0.1, 0.15) is 12.4 Å². The van der Waals surface area contributed by atoms with E-state index in [0.29, 0.717) is 11.3 Å². The van der Waals surface area contributed by atoms with Crippen molar-refractivity contribution in [2.24, 2.45) is 0 Å². The number of hydrogen-bond donors (Lipinski definition) is 1. The van der Waals surface area contributed by atoms with E-state index in [4.69, 9.17) is 4.74 Å². The van der Waals surface area contributed by atoms with Gasteiger partial charge in [-0.25, -0.2) is 0 Å². The summed E-state index contributed by atoms with van der Waals surface area (Å²) in [5.74, 6) is 6.27. The first-order valence-electron chi connectivity index (χ1n) is 6.71. The van der Waals surface area contributed by atoms with Crippen LogP contribution in [0.1, 0.15) is 10.4 Å². The second-order valence-electron chi connectivity index (χ2n) is 4.21. The second-order valence-corrected chi connectivity index (χ2v) is 5.06. The van der Waals surface area contributed by atoms with Gasteiger partial charge in [0.15, 0.2) is 0 Å². The highest BCUT2D eigenvalue weighted by Crippen LogP contribution is 2.19. The predicted molar refractivity (Wildman–Crippen MR) is 88.1 cm³/mol. The molecule has 2 rings (SSSR count). The van der Waals surface area contributed by atoms with Crippen LogP contribution in [0, 0.1) is 11.8 Å². The molecule has 1 amide bonds. The molecule has 1 N–H and O–H groups in total. The topological polar surface area (TPSA) is 51.2 Å². The van der Waals surface area contributed by atoms with Crippen LogP contribution in [-0.4, -0.2) is 30.3 Å². The monoisotopic (exact) mass is 312 g/mol. The highest BCUT2D eigenvalue weighted by Gasteiger charge is 2.08. The van der Waals surface area contributed by atoms with E-state index in [1.165, 1.54) is 0 Å². The lowest BCUT2D eigenvalue weighted by Crippen LogP contribution is -2.24. The van der Waals surface area contributed by atoms with Gasteiger partial charge < -0.3 is 10.1 Å². The number of carbonyl (C=O) groups is 1. The quantitative estimate of drug-likeness (QED) is 0.681. The summed E-state index contributed by atoms with van der Waals surface area (Å²) in [6.45, 7) is 0.556. The lowest BCUT2D eigenvalue weighted by Gasteiger charge is -2.05. The molecule has 0 unspecified atom stereocenters. The molecule has 0 aliphatic heterocycles. The fraction of sp³-hybridized carbons (Fsp3) is 0.176. The van der Waals surface area contributed by atoms with Crippen molar-refractivity contribution in [1.29, 1.82) is 0 Å². The van der Waals surface area contributed by atoms with E-state index in [1.54, 1.807) is 36.3 Å². The number of hydrogen-bond acceptors (Lipinski definition) is 4. The predicted octanol–water partition coefficient (Wildman–Crippen LogP) is 2.62. The first-order valence-corrected chi connectivity index (χ1v) is 7.93. The molecule has 0 atom stereocenters. The molecule has 4 nitrogen and oxygen atoms in total. The van der Waals surface area contributed by atoms with Gasteiger partial charge in [0.05, 0.1) is 18.3 Å². The van der Waals surface area contributed by atoms with Crippen molar-refractivity contribution in [3.05, 3.63) is 54.4 Å². The van der Waals surface area contributed by atoms with Crippen molar-refractivity contribution in [2.75, 3.05) is 19.4 Å². The lowest BCUT2D eigenvalue weighted by molar-refractivity contribution is 0.0956. The standard InChI is InChI=1S/C17H16N2O2S/c1-22-16-9-3-2-8-15(16)17(20)19-11-4-5-12-21-14-7-6-10-18-13-14/h2-3,6-10,13H,11-12H2,1H3,(H,19,20). The van der Waals surface area contributed by atoms with Gasteiger partial charge in [-0.05, 0) is 30.5 Å². The molecule has 0 spiro atoms. The van der Waals surface area contributed by atoms with Crippen molar-refractivity contribution >= 4 is 17.7 Å². The molecule has 1 aromatic heterocycles. The van der Waals surface area contributed by atoms with Crippen LogP contribution >= 0.6 is 11.8 Å². The third kappa shape index (κ3) is 4.83. The average Bonchev–Trinajstić information content (AvgIpc) is 2.58. The molecular formula is C17H16N2O2S. The molecule has 5 heteroatoms. The first kappa shape index (κ1) is 15.9. The summed E-state index contributed by atoms with van der Waals surface area (Å²) in [6, 6.07) is 11.1. The SMILES string of the molecule is CSc1ccccc1C(=O)NCC#CCOc1cccnc1. The smallest absolute Gasteiger partial charge is 0.253 e. The maximum Gasteiger partial charge on any atom is 0.253 e. The number of rotatable bonds is 5. The fourth-order valence-electron chi connectivity index (χ4n) is 1.72. The zero-order chi connectivity index (χ0) is 15.6. The van der Waals surface area contributed by atoms with Crippen LogP contribution < -0.4 is 10.1 Å². The Morgan fingerprint density at radius 3 is 2.91 bits per heavy atom. The van der Waals surface area contributed by atoms with Crippen LogP contribution in [-0.2, 0) is 0 Å². The van der Waals surface area contributed by atoms with Crippen molar-refractivity contribution in [1.82, 2.24) is 10.3 Å². The molecule has 0 aliphatic rings. The van der Waals surface area contributed by atoms with Crippen LogP contribution in [0.3, 0.4) is 0 Å². The zero-order valence-corrected chi connectivity index (χ0v) is 13.0. The Kier molecular flexibility index (Phi) is 6.34. The summed E-state index contributed by atoms with van der Waals surface area (Å²) < 4.78 is 5.38. The Balaban J connectivity index is 1.77. The third-order valence-electron chi connectivity index (χ3n) is 2.76. The van der Waals surface area contributed by atoms with Crippen molar-refractivity contribution in [3.63, 3.8) is 0 Å². The number of carbonyl (C=O) groups excluding carboxylic acids is 1. The van der Waals surface area contributed by atoms with Gasteiger partial charge >= 0.3 is 0 Å². The highest BCUT2D eigenvalue weighted by atomic mass is 32.2. The molecule has 2 aromatic rings. The van der Waals surface area contributed by atoms with Gasteiger partial charge in [0.2, 0.25) is 0 Å². The van der Waals surface area contributed by atoms with Gasteiger partial charge in [0.25, 0.3) is 5.91 Å². The second kappa shape index (κ2) is 8.75. The van der Waals surface area contributed by atoms with Gasteiger partial charge in [-0.2, -0.15) is 0 Å². The minimum atomic E-state index is -0.118. The van der Waals surface area contributed by atoms with E-state index in [2.05, 4.69) is 22.1 Å². The summed E-state index contributed by atoms with van der Waals surface area (Å²) >= 11 is 1.55. The summed E-state index contributed by atoms with van der Waals surface area (Å²) in [4.78, 5) is 16.9. The molecule has 0 aliphatic carbocycles. The molecule has 0 fully saturated rings. The van der Waals surface area contributed by atoms with Gasteiger partial charge in [-0.3, -0.25) is 9.78 Å². The van der Waals surface area contributed by atoms with Crippen molar-refractivity contribution < 1.29 is 9.53 Å². The summed E-state index contributed by atoms with van der Waals surface area (Å²) in [7, 11) is 0. The van der Waals surface area contributed by atoms with Crippen LogP contribution in [0.15, 0.2) is 53.7 Å². The number of thioether (sulfide) groups is 1.